The van der Waals surface area contributed by atoms with Crippen molar-refractivity contribution in [2.45, 2.75) is 30.3 Å². The van der Waals surface area contributed by atoms with Crippen LogP contribution in [-0.2, 0) is 21.5 Å². The number of benzene rings is 4. The van der Waals surface area contributed by atoms with Crippen LogP contribution >= 0.6 is 23.2 Å². The second kappa shape index (κ2) is 13.2. The molecule has 15 heteroatoms. The molecular weight excluding hydrogens is 737 g/mol. The van der Waals surface area contributed by atoms with Crippen molar-refractivity contribution in [1.82, 2.24) is 18.9 Å². The third kappa shape index (κ3) is 5.06. The molecule has 5 aromatic rings. The average molecular weight is 771 g/mol. The van der Waals surface area contributed by atoms with Crippen molar-refractivity contribution in [2.75, 3.05) is 26.8 Å². The Morgan fingerprint density at radius 1 is 0.833 bits per heavy atom. The number of rotatable bonds is 8. The fraction of sp³-hybridized carbons (Fsp3) is 0.231. The largest absolute Gasteiger partial charge is 0.502 e. The lowest BCUT2D eigenvalue weighted by Crippen LogP contribution is -2.53. The summed E-state index contributed by atoms with van der Waals surface area (Å²) in [4.78, 5) is 58.7. The van der Waals surface area contributed by atoms with Crippen LogP contribution in [0.1, 0.15) is 29.5 Å². The highest BCUT2D eigenvalue weighted by molar-refractivity contribution is 6.36. The maximum Gasteiger partial charge on any atom is 0.352 e. The van der Waals surface area contributed by atoms with Crippen LogP contribution in [0.4, 0.5) is 5.69 Å². The van der Waals surface area contributed by atoms with Gasteiger partial charge in [-0.25, -0.2) is 23.5 Å². The minimum absolute atomic E-state index is 0.00354. The van der Waals surface area contributed by atoms with E-state index in [0.29, 0.717) is 33.2 Å². The summed E-state index contributed by atoms with van der Waals surface area (Å²) in [6.45, 7) is -0.00354. The molecule has 276 valence electrons. The molecule has 0 spiro atoms. The monoisotopic (exact) mass is 769 g/mol. The fourth-order valence-electron chi connectivity index (χ4n) is 8.36. The quantitative estimate of drug-likeness (QED) is 0.155. The molecule has 54 heavy (non-hydrogen) atoms. The first-order valence-corrected chi connectivity index (χ1v) is 17.7. The van der Waals surface area contributed by atoms with E-state index in [9.17, 15) is 19.5 Å². The number of carbonyl (C=O) groups is 2. The van der Waals surface area contributed by atoms with Crippen LogP contribution in [0.15, 0.2) is 106 Å². The molecular formula is C39H33Cl2N5O8. The normalized spacial score (nSPS) is 21.5. The number of fused-ring (bicyclic) bond motifs is 4. The summed E-state index contributed by atoms with van der Waals surface area (Å²) in [5.41, 5.74) is 2.37. The molecule has 1 saturated carbocycles. The van der Waals surface area contributed by atoms with Crippen LogP contribution in [-0.4, -0.2) is 57.2 Å². The molecule has 3 heterocycles. The topological polar surface area (TPSA) is 146 Å². The van der Waals surface area contributed by atoms with Gasteiger partial charge in [-0.2, -0.15) is 5.01 Å². The van der Waals surface area contributed by atoms with Crippen molar-refractivity contribution in [3.8, 4) is 28.7 Å². The highest BCUT2D eigenvalue weighted by atomic mass is 35.5. The summed E-state index contributed by atoms with van der Waals surface area (Å²) in [6, 6.07) is 22.5. The van der Waals surface area contributed by atoms with E-state index in [2.05, 4.69) is 5.43 Å². The summed E-state index contributed by atoms with van der Waals surface area (Å²) < 4.78 is 20.5. The summed E-state index contributed by atoms with van der Waals surface area (Å²) >= 11 is 12.7. The zero-order chi connectivity index (χ0) is 38.1. The Bertz CT molecular complexity index is 2470. The number of methoxy groups -OCH3 is 3. The first-order chi connectivity index (χ1) is 26.0. The third-order valence-corrected chi connectivity index (χ3v) is 11.2. The number of halogens is 2. The van der Waals surface area contributed by atoms with Crippen LogP contribution in [0, 0.1) is 5.92 Å². The average Bonchev–Trinajstić information content (AvgIpc) is 3.56. The lowest BCUT2D eigenvalue weighted by Gasteiger charge is -2.49. The predicted molar refractivity (Wildman–Crippen MR) is 200 cm³/mol. The molecule has 4 aromatic carbocycles. The van der Waals surface area contributed by atoms with E-state index < -0.39 is 46.5 Å². The van der Waals surface area contributed by atoms with Gasteiger partial charge in [0, 0.05) is 10.9 Å². The Morgan fingerprint density at radius 2 is 1.52 bits per heavy atom. The zero-order valence-electron chi connectivity index (χ0n) is 29.2. The van der Waals surface area contributed by atoms with Gasteiger partial charge in [0.05, 0.1) is 61.6 Å². The molecule has 0 radical (unpaired) electrons. The standard InChI is InChI=1S/C39H33Cl2N5O8/c1-52-25-12-9-22(10-13-25)39-27(35(48)45(36(39)49)42-29-14-11-23(40)19-28(29)41)20-30-26(33(39)21-17-31(53-2)34(47)32(18-21)54-3)15-16-43-37(50)44(38(51)46(30)43)24-7-5-4-6-8-24/h4-15,17-19,27,30,33,42,47H,16,20H2,1-3H3. The zero-order valence-corrected chi connectivity index (χ0v) is 30.7. The number of para-hydroxylation sites is 1. The van der Waals surface area contributed by atoms with Gasteiger partial charge in [-0.1, -0.05) is 59.6 Å². The molecule has 2 N–H and O–H groups in total. The van der Waals surface area contributed by atoms with Gasteiger partial charge in [-0.05, 0) is 77.7 Å². The van der Waals surface area contributed by atoms with E-state index in [1.807, 2.05) is 6.08 Å². The first kappa shape index (κ1) is 35.1. The Morgan fingerprint density at radius 3 is 2.15 bits per heavy atom. The van der Waals surface area contributed by atoms with E-state index in [4.69, 9.17) is 37.4 Å². The molecule has 2 aliphatic heterocycles. The number of ether oxygens (including phenoxy) is 3. The van der Waals surface area contributed by atoms with Gasteiger partial charge in [0.25, 0.3) is 11.8 Å². The van der Waals surface area contributed by atoms with Crippen molar-refractivity contribution in [2.24, 2.45) is 5.92 Å². The number of amides is 2. The van der Waals surface area contributed by atoms with E-state index in [1.54, 1.807) is 78.9 Å². The number of aromatic nitrogens is 3. The van der Waals surface area contributed by atoms with Crippen molar-refractivity contribution in [3.05, 3.63) is 139 Å². The van der Waals surface area contributed by atoms with Gasteiger partial charge in [-0.15, -0.1) is 0 Å². The predicted octanol–water partition coefficient (Wildman–Crippen LogP) is 5.46. The molecule has 0 bridgehead atoms. The number of nitrogens with zero attached hydrogens (tertiary/aromatic N) is 4. The number of hydrazine groups is 1. The maximum absolute atomic E-state index is 15.5. The van der Waals surface area contributed by atoms with Crippen molar-refractivity contribution in [3.63, 3.8) is 0 Å². The number of nitrogens with one attached hydrogen (secondary N) is 1. The molecule has 1 aromatic heterocycles. The number of anilines is 1. The van der Waals surface area contributed by atoms with Crippen LogP contribution in [0.5, 0.6) is 23.0 Å². The van der Waals surface area contributed by atoms with Crippen LogP contribution < -0.4 is 31.0 Å². The van der Waals surface area contributed by atoms with E-state index in [0.717, 1.165) is 9.58 Å². The Balaban J connectivity index is 1.41. The second-order valence-corrected chi connectivity index (χ2v) is 14.0. The van der Waals surface area contributed by atoms with E-state index >= 15 is 4.79 Å². The molecule has 1 saturated heterocycles. The molecule has 2 fully saturated rings. The molecule has 8 rings (SSSR count). The molecule has 4 unspecified atom stereocenters. The SMILES string of the molecule is COc1ccc(C23C(=O)N(Nc4ccc(Cl)cc4Cl)C(=O)C2CC2C(=CCn4c(=O)n(-c5ccccc5)c(=O)n42)C3c2cc(OC)c(O)c(OC)c2)cc1. The summed E-state index contributed by atoms with van der Waals surface area (Å²) in [7, 11) is 4.30. The fourth-order valence-corrected chi connectivity index (χ4v) is 8.81. The van der Waals surface area contributed by atoms with Gasteiger partial charge >= 0.3 is 11.4 Å². The van der Waals surface area contributed by atoms with E-state index in [-0.39, 0.29) is 40.9 Å². The minimum Gasteiger partial charge on any atom is -0.502 e. The molecule has 3 aliphatic rings. The Hall–Kier alpha value is -5.92. The summed E-state index contributed by atoms with van der Waals surface area (Å²) in [5.74, 6) is -2.87. The highest BCUT2D eigenvalue weighted by Crippen LogP contribution is 2.63. The van der Waals surface area contributed by atoms with Gasteiger partial charge in [0.1, 0.15) is 5.75 Å². The van der Waals surface area contributed by atoms with Crippen LogP contribution in [0.3, 0.4) is 0 Å². The second-order valence-electron chi connectivity index (χ2n) is 13.2. The highest BCUT2D eigenvalue weighted by Gasteiger charge is 2.69. The number of hydrogen-bond acceptors (Lipinski definition) is 9. The lowest BCUT2D eigenvalue weighted by atomic mass is 9.53. The number of phenols is 1. The molecule has 13 nitrogen and oxygen atoms in total. The molecule has 1 aliphatic carbocycles. The van der Waals surface area contributed by atoms with Crippen molar-refractivity contribution in [1.29, 1.82) is 0 Å². The van der Waals surface area contributed by atoms with Crippen molar-refractivity contribution < 1.29 is 28.9 Å². The van der Waals surface area contributed by atoms with Crippen LogP contribution in [0.25, 0.3) is 5.69 Å². The maximum atomic E-state index is 15.5. The van der Waals surface area contributed by atoms with Gasteiger partial charge in [0.2, 0.25) is 5.75 Å². The summed E-state index contributed by atoms with van der Waals surface area (Å²) in [5, 5.41) is 12.5. The number of allylic oxidation sites excluding steroid dienone is 2. The molecule has 2 amide bonds. The Kier molecular flexibility index (Phi) is 8.58. The first-order valence-electron chi connectivity index (χ1n) is 16.9. The number of aromatic hydroxyl groups is 1. The number of carbonyl (C=O) groups excluding carboxylic acids is 2. The smallest absolute Gasteiger partial charge is 0.352 e. The molecule has 4 atom stereocenters. The number of imide groups is 1. The van der Waals surface area contributed by atoms with Gasteiger partial charge in [0.15, 0.2) is 11.5 Å². The number of hydrogen-bond donors (Lipinski definition) is 2. The lowest BCUT2D eigenvalue weighted by molar-refractivity contribution is -0.138. The minimum atomic E-state index is -1.65. The van der Waals surface area contributed by atoms with E-state index in [1.165, 1.54) is 36.8 Å². The summed E-state index contributed by atoms with van der Waals surface area (Å²) in [6.07, 6.45) is 1.80. The van der Waals surface area contributed by atoms with Gasteiger partial charge in [-0.3, -0.25) is 15.0 Å². The van der Waals surface area contributed by atoms with Gasteiger partial charge < -0.3 is 19.3 Å². The van der Waals surface area contributed by atoms with Crippen molar-refractivity contribution >= 4 is 40.7 Å². The van der Waals surface area contributed by atoms with Crippen LogP contribution in [0.2, 0.25) is 10.0 Å². The number of phenolic OH excluding ortho intramolecular Hbond substituents is 1. The Labute approximate surface area is 318 Å². The third-order valence-electron chi connectivity index (χ3n) is 10.7.